The first-order valence-electron chi connectivity index (χ1n) is 8.62. The summed E-state index contributed by atoms with van der Waals surface area (Å²) in [5, 5.41) is 0. The van der Waals surface area contributed by atoms with E-state index in [0.29, 0.717) is 11.4 Å². The van der Waals surface area contributed by atoms with Gasteiger partial charge in [-0.15, -0.1) is 11.3 Å². The van der Waals surface area contributed by atoms with Gasteiger partial charge in [0.1, 0.15) is 0 Å². The normalized spacial score (nSPS) is 24.8. The third-order valence-corrected chi connectivity index (χ3v) is 6.23. The molecule has 4 rings (SSSR count). The van der Waals surface area contributed by atoms with Crippen LogP contribution in [-0.4, -0.2) is 41.0 Å². The van der Waals surface area contributed by atoms with Crippen LogP contribution in [0.25, 0.3) is 0 Å². The zero-order valence-corrected chi connectivity index (χ0v) is 14.9. The van der Waals surface area contributed by atoms with E-state index in [9.17, 15) is 4.39 Å². The molecule has 128 valence electrons. The summed E-state index contributed by atoms with van der Waals surface area (Å²) in [5.74, 6) is 0.298. The molecule has 0 unspecified atom stereocenters. The highest BCUT2D eigenvalue weighted by atomic mass is 32.1. The Hall–Kier alpha value is -1.53. The number of hydrogen-bond donors (Lipinski definition) is 0. The number of aromatic nitrogens is 2. The maximum Gasteiger partial charge on any atom is 0.225 e. The number of halogens is 1. The standard InChI is InChI=1S/C18H23FN4S/c1-14-3-4-16(24-14)11-22-8-6-18(12-22)5-2-7-23(13-18)17-20-9-15(19)10-21-17/h3-4,9-10H,2,5-8,11-13H2,1H3/t18-/m1/s1. The molecule has 24 heavy (non-hydrogen) atoms. The number of rotatable bonds is 3. The molecule has 2 aliphatic heterocycles. The molecule has 0 aliphatic carbocycles. The Morgan fingerprint density at radius 3 is 2.75 bits per heavy atom. The van der Waals surface area contributed by atoms with Crippen LogP contribution in [0.2, 0.25) is 0 Å². The smallest absolute Gasteiger partial charge is 0.225 e. The van der Waals surface area contributed by atoms with Crippen LogP contribution in [0.3, 0.4) is 0 Å². The van der Waals surface area contributed by atoms with E-state index in [1.807, 2.05) is 11.3 Å². The molecule has 0 radical (unpaired) electrons. The van der Waals surface area contributed by atoms with Crippen molar-refractivity contribution in [1.82, 2.24) is 14.9 Å². The summed E-state index contributed by atoms with van der Waals surface area (Å²) in [5.41, 5.74) is 0.336. The van der Waals surface area contributed by atoms with E-state index in [1.54, 1.807) is 0 Å². The molecule has 0 amide bonds. The Bertz CT molecular complexity index is 701. The first-order chi connectivity index (χ1) is 11.6. The van der Waals surface area contributed by atoms with Crippen LogP contribution in [0.1, 0.15) is 29.0 Å². The van der Waals surface area contributed by atoms with Gasteiger partial charge in [-0.1, -0.05) is 0 Å². The lowest BCUT2D eigenvalue weighted by Gasteiger charge is -2.40. The molecule has 1 spiro atoms. The third kappa shape index (κ3) is 3.30. The van der Waals surface area contributed by atoms with E-state index in [-0.39, 0.29) is 5.82 Å². The van der Waals surface area contributed by atoms with Gasteiger partial charge in [0, 0.05) is 41.3 Å². The average Bonchev–Trinajstić information content (AvgIpc) is 3.15. The molecule has 2 aromatic heterocycles. The monoisotopic (exact) mass is 346 g/mol. The van der Waals surface area contributed by atoms with Crippen molar-refractivity contribution in [1.29, 1.82) is 0 Å². The number of hydrogen-bond acceptors (Lipinski definition) is 5. The van der Waals surface area contributed by atoms with Crippen molar-refractivity contribution in [3.05, 3.63) is 40.1 Å². The molecule has 2 aromatic rings. The minimum absolute atomic E-state index is 0.336. The van der Waals surface area contributed by atoms with Crippen LogP contribution < -0.4 is 4.90 Å². The summed E-state index contributed by atoms with van der Waals surface area (Å²) >= 11 is 1.90. The number of piperidine rings is 1. The largest absolute Gasteiger partial charge is 0.340 e. The van der Waals surface area contributed by atoms with Gasteiger partial charge in [-0.05, 0) is 44.9 Å². The van der Waals surface area contributed by atoms with Crippen molar-refractivity contribution < 1.29 is 4.39 Å². The highest BCUT2D eigenvalue weighted by molar-refractivity contribution is 7.11. The molecule has 0 bridgehead atoms. The van der Waals surface area contributed by atoms with Crippen molar-refractivity contribution in [2.45, 2.75) is 32.7 Å². The van der Waals surface area contributed by atoms with Crippen LogP contribution in [0, 0.1) is 18.2 Å². The third-order valence-electron chi connectivity index (χ3n) is 5.24. The molecule has 0 aromatic carbocycles. The van der Waals surface area contributed by atoms with Gasteiger partial charge in [-0.2, -0.15) is 0 Å². The maximum absolute atomic E-state index is 13.1. The molecule has 2 aliphatic rings. The quantitative estimate of drug-likeness (QED) is 0.852. The zero-order valence-electron chi connectivity index (χ0n) is 14.0. The summed E-state index contributed by atoms with van der Waals surface area (Å²) in [6, 6.07) is 4.46. The Morgan fingerprint density at radius 2 is 2.00 bits per heavy atom. The van der Waals surface area contributed by atoms with Crippen molar-refractivity contribution in [2.75, 3.05) is 31.1 Å². The van der Waals surface area contributed by atoms with Crippen LogP contribution >= 0.6 is 11.3 Å². The topological polar surface area (TPSA) is 32.3 Å². The summed E-state index contributed by atoms with van der Waals surface area (Å²) < 4.78 is 13.1. The summed E-state index contributed by atoms with van der Waals surface area (Å²) in [6.45, 7) is 7.49. The van der Waals surface area contributed by atoms with Gasteiger partial charge in [0.25, 0.3) is 0 Å². The van der Waals surface area contributed by atoms with E-state index in [1.165, 1.54) is 35.0 Å². The molecule has 0 N–H and O–H groups in total. The fraction of sp³-hybridized carbons (Fsp3) is 0.556. The first-order valence-corrected chi connectivity index (χ1v) is 9.44. The van der Waals surface area contributed by atoms with E-state index in [4.69, 9.17) is 0 Å². The van der Waals surface area contributed by atoms with Crippen molar-refractivity contribution in [2.24, 2.45) is 5.41 Å². The van der Waals surface area contributed by atoms with Crippen molar-refractivity contribution in [3.8, 4) is 0 Å². The number of nitrogens with zero attached hydrogens (tertiary/aromatic N) is 4. The van der Waals surface area contributed by atoms with Gasteiger partial charge in [0.2, 0.25) is 5.95 Å². The van der Waals surface area contributed by atoms with Gasteiger partial charge in [0.15, 0.2) is 5.82 Å². The number of thiophene rings is 1. The predicted octanol–water partition coefficient (Wildman–Crippen LogP) is 3.48. The second-order valence-corrected chi connectivity index (χ2v) is 8.57. The fourth-order valence-corrected chi connectivity index (χ4v) is 5.07. The zero-order chi connectivity index (χ0) is 16.6. The van der Waals surface area contributed by atoms with Crippen molar-refractivity contribution >= 4 is 17.3 Å². The minimum Gasteiger partial charge on any atom is -0.340 e. The predicted molar refractivity (Wildman–Crippen MR) is 94.8 cm³/mol. The van der Waals surface area contributed by atoms with Gasteiger partial charge in [0.05, 0.1) is 12.4 Å². The Morgan fingerprint density at radius 1 is 1.17 bits per heavy atom. The maximum atomic E-state index is 13.1. The lowest BCUT2D eigenvalue weighted by molar-refractivity contribution is 0.216. The minimum atomic E-state index is -0.372. The highest BCUT2D eigenvalue weighted by Crippen LogP contribution is 2.40. The van der Waals surface area contributed by atoms with Crippen LogP contribution in [0.15, 0.2) is 24.5 Å². The van der Waals surface area contributed by atoms with Gasteiger partial charge < -0.3 is 4.90 Å². The molecule has 2 saturated heterocycles. The Balaban J connectivity index is 1.42. The lowest BCUT2D eigenvalue weighted by atomic mass is 9.79. The Labute approximate surface area is 146 Å². The summed E-state index contributed by atoms with van der Waals surface area (Å²) in [6.07, 6.45) is 6.19. The SMILES string of the molecule is Cc1ccc(CN2CC[C@]3(CCCN(c4ncc(F)cn4)C3)C2)s1. The lowest BCUT2D eigenvalue weighted by Crippen LogP contribution is -2.45. The van der Waals surface area contributed by atoms with Crippen LogP contribution in [0.4, 0.5) is 10.3 Å². The van der Waals surface area contributed by atoms with Crippen LogP contribution in [-0.2, 0) is 6.54 Å². The second-order valence-electron chi connectivity index (χ2n) is 7.20. The molecule has 0 saturated carbocycles. The van der Waals surface area contributed by atoms with E-state index >= 15 is 0 Å². The van der Waals surface area contributed by atoms with Gasteiger partial charge >= 0.3 is 0 Å². The fourth-order valence-electron chi connectivity index (χ4n) is 4.13. The molecular weight excluding hydrogens is 323 g/mol. The van der Waals surface area contributed by atoms with E-state index in [0.717, 1.165) is 39.1 Å². The van der Waals surface area contributed by atoms with Gasteiger partial charge in [-0.3, -0.25) is 4.90 Å². The highest BCUT2D eigenvalue weighted by Gasteiger charge is 2.41. The number of likely N-dealkylation sites (tertiary alicyclic amines) is 1. The number of anilines is 1. The number of aryl methyl sites for hydroxylation is 1. The molecule has 2 fully saturated rings. The molecular formula is C18H23FN4S. The van der Waals surface area contributed by atoms with E-state index in [2.05, 4.69) is 38.8 Å². The van der Waals surface area contributed by atoms with Crippen molar-refractivity contribution in [3.63, 3.8) is 0 Å². The summed E-state index contributed by atoms with van der Waals surface area (Å²) in [4.78, 5) is 16.0. The molecule has 4 heterocycles. The first kappa shape index (κ1) is 16.0. The van der Waals surface area contributed by atoms with Crippen LogP contribution in [0.5, 0.6) is 0 Å². The van der Waals surface area contributed by atoms with E-state index < -0.39 is 0 Å². The second kappa shape index (κ2) is 6.41. The Kier molecular flexibility index (Phi) is 4.26. The summed E-state index contributed by atoms with van der Waals surface area (Å²) in [7, 11) is 0. The molecule has 4 nitrogen and oxygen atoms in total. The molecule has 1 atom stereocenters. The average molecular weight is 346 g/mol. The molecule has 6 heteroatoms. The van der Waals surface area contributed by atoms with Gasteiger partial charge in [-0.25, -0.2) is 14.4 Å².